The minimum Gasteiger partial charge on any atom is -0.266 e. The zero-order chi connectivity index (χ0) is 10.8. The van der Waals surface area contributed by atoms with Gasteiger partial charge in [0.1, 0.15) is 0 Å². The molecular formula is C11H11NO3. The fraction of sp³-hybridized carbons (Fsp3) is 0.273. The smallest absolute Gasteiger partial charge is 0.266 e. The lowest BCUT2D eigenvalue weighted by atomic mass is 10.1. The van der Waals surface area contributed by atoms with Gasteiger partial charge in [-0.3, -0.25) is 14.4 Å². The molecule has 4 heteroatoms. The van der Waals surface area contributed by atoms with Crippen molar-refractivity contribution in [2.75, 3.05) is 6.61 Å². The number of fused-ring (bicyclic) bond motifs is 1. The van der Waals surface area contributed by atoms with Gasteiger partial charge >= 0.3 is 0 Å². The maximum Gasteiger partial charge on any atom is 0.285 e. The van der Waals surface area contributed by atoms with E-state index in [1.165, 1.54) is 0 Å². The van der Waals surface area contributed by atoms with Crippen LogP contribution >= 0.6 is 0 Å². The number of rotatable bonds is 3. The van der Waals surface area contributed by atoms with Gasteiger partial charge in [0, 0.05) is 0 Å². The lowest BCUT2D eigenvalue weighted by molar-refractivity contribution is -0.0909. The van der Waals surface area contributed by atoms with E-state index in [-0.39, 0.29) is 11.8 Å². The van der Waals surface area contributed by atoms with Gasteiger partial charge in [-0.05, 0) is 18.6 Å². The van der Waals surface area contributed by atoms with Crippen molar-refractivity contribution >= 4 is 11.8 Å². The Labute approximate surface area is 87.4 Å². The van der Waals surface area contributed by atoms with Crippen molar-refractivity contribution in [1.82, 2.24) is 5.06 Å². The fourth-order valence-corrected chi connectivity index (χ4v) is 1.47. The van der Waals surface area contributed by atoms with Gasteiger partial charge in [0.05, 0.1) is 17.7 Å². The van der Waals surface area contributed by atoms with E-state index in [1.54, 1.807) is 24.3 Å². The summed E-state index contributed by atoms with van der Waals surface area (Å²) in [5.41, 5.74) is 0.831. The lowest BCUT2D eigenvalue weighted by Crippen LogP contribution is -2.30. The predicted molar refractivity (Wildman–Crippen MR) is 53.2 cm³/mol. The summed E-state index contributed by atoms with van der Waals surface area (Å²) in [6.45, 7) is 2.28. The Morgan fingerprint density at radius 2 is 1.67 bits per heavy atom. The summed E-state index contributed by atoms with van der Waals surface area (Å²) in [6, 6.07) is 6.72. The van der Waals surface area contributed by atoms with E-state index in [0.717, 1.165) is 11.5 Å². The van der Waals surface area contributed by atoms with Gasteiger partial charge in [0.25, 0.3) is 11.8 Å². The molecule has 0 saturated carbocycles. The van der Waals surface area contributed by atoms with Crippen LogP contribution in [0.25, 0.3) is 0 Å². The van der Waals surface area contributed by atoms with Crippen molar-refractivity contribution in [2.45, 2.75) is 13.3 Å². The summed E-state index contributed by atoms with van der Waals surface area (Å²) in [7, 11) is 0. The van der Waals surface area contributed by atoms with E-state index in [9.17, 15) is 9.59 Å². The number of hydrogen-bond acceptors (Lipinski definition) is 3. The van der Waals surface area contributed by atoms with Crippen molar-refractivity contribution in [1.29, 1.82) is 0 Å². The second-order valence-corrected chi connectivity index (χ2v) is 3.28. The van der Waals surface area contributed by atoms with Crippen molar-refractivity contribution in [3.8, 4) is 0 Å². The molecule has 15 heavy (non-hydrogen) atoms. The number of carbonyl (C=O) groups excluding carboxylic acids is 2. The van der Waals surface area contributed by atoms with Crippen molar-refractivity contribution < 1.29 is 14.4 Å². The number of imide groups is 1. The first-order valence-electron chi connectivity index (χ1n) is 4.86. The Bertz CT molecular complexity index is 379. The molecule has 0 aromatic heterocycles. The van der Waals surface area contributed by atoms with Crippen LogP contribution < -0.4 is 0 Å². The third-order valence-electron chi connectivity index (χ3n) is 2.18. The lowest BCUT2D eigenvalue weighted by Gasteiger charge is -2.11. The number of carbonyl (C=O) groups is 2. The summed E-state index contributed by atoms with van der Waals surface area (Å²) in [6.07, 6.45) is 0.757. The Hall–Kier alpha value is -1.68. The molecule has 78 valence electrons. The molecule has 0 unspecified atom stereocenters. The van der Waals surface area contributed by atoms with Gasteiger partial charge in [-0.1, -0.05) is 19.1 Å². The SMILES string of the molecule is CCCON1C(=O)c2ccccc2C1=O. The van der Waals surface area contributed by atoms with Gasteiger partial charge < -0.3 is 0 Å². The molecule has 0 atom stereocenters. The van der Waals surface area contributed by atoms with Crippen LogP contribution in [0.1, 0.15) is 34.1 Å². The van der Waals surface area contributed by atoms with E-state index in [4.69, 9.17) is 4.84 Å². The summed E-state index contributed by atoms with van der Waals surface area (Å²) in [4.78, 5) is 28.5. The van der Waals surface area contributed by atoms with Crippen LogP contribution in [0.2, 0.25) is 0 Å². The zero-order valence-electron chi connectivity index (χ0n) is 8.40. The summed E-state index contributed by atoms with van der Waals surface area (Å²) >= 11 is 0. The molecule has 1 heterocycles. The molecule has 0 bridgehead atoms. The van der Waals surface area contributed by atoms with E-state index >= 15 is 0 Å². The molecule has 2 rings (SSSR count). The maximum absolute atomic E-state index is 11.7. The van der Waals surface area contributed by atoms with E-state index in [2.05, 4.69) is 0 Å². The standard InChI is InChI=1S/C11H11NO3/c1-2-7-15-12-10(13)8-5-3-4-6-9(8)11(12)14/h3-6H,2,7H2,1H3. The van der Waals surface area contributed by atoms with Gasteiger partial charge in [0.2, 0.25) is 0 Å². The number of hydrogen-bond donors (Lipinski definition) is 0. The van der Waals surface area contributed by atoms with Crippen LogP contribution in [0.15, 0.2) is 24.3 Å². The number of benzene rings is 1. The second kappa shape index (κ2) is 3.82. The fourth-order valence-electron chi connectivity index (χ4n) is 1.47. The number of hydroxylamine groups is 2. The highest BCUT2D eigenvalue weighted by molar-refractivity contribution is 6.20. The number of nitrogens with zero attached hydrogens (tertiary/aromatic N) is 1. The van der Waals surface area contributed by atoms with E-state index in [1.807, 2.05) is 6.92 Å². The molecule has 0 fully saturated rings. The van der Waals surface area contributed by atoms with Crippen LogP contribution in [0.3, 0.4) is 0 Å². The Balaban J connectivity index is 2.29. The van der Waals surface area contributed by atoms with E-state index < -0.39 is 0 Å². The molecule has 0 spiro atoms. The molecule has 1 aliphatic rings. The average Bonchev–Trinajstić information content (AvgIpc) is 2.51. The van der Waals surface area contributed by atoms with Crippen LogP contribution in [-0.4, -0.2) is 23.5 Å². The van der Waals surface area contributed by atoms with Crippen LogP contribution in [0.4, 0.5) is 0 Å². The Kier molecular flexibility index (Phi) is 2.51. The van der Waals surface area contributed by atoms with Crippen LogP contribution in [0, 0.1) is 0 Å². The van der Waals surface area contributed by atoms with Gasteiger partial charge in [-0.15, -0.1) is 5.06 Å². The van der Waals surface area contributed by atoms with Crippen LogP contribution in [-0.2, 0) is 4.84 Å². The topological polar surface area (TPSA) is 46.6 Å². The third kappa shape index (κ3) is 1.53. The summed E-state index contributed by atoms with van der Waals surface area (Å²) in [5.74, 6) is -0.742. The molecule has 4 nitrogen and oxygen atoms in total. The normalized spacial score (nSPS) is 14.6. The second-order valence-electron chi connectivity index (χ2n) is 3.28. The molecule has 0 radical (unpaired) electrons. The molecule has 0 saturated heterocycles. The summed E-state index contributed by atoms with van der Waals surface area (Å²) < 4.78 is 0. The molecule has 0 N–H and O–H groups in total. The Morgan fingerprint density at radius 3 is 2.13 bits per heavy atom. The largest absolute Gasteiger partial charge is 0.285 e. The molecule has 0 aliphatic carbocycles. The highest BCUT2D eigenvalue weighted by Crippen LogP contribution is 2.22. The molecule has 1 aliphatic heterocycles. The first-order valence-corrected chi connectivity index (χ1v) is 4.86. The minimum absolute atomic E-state index is 0.367. The monoisotopic (exact) mass is 205 g/mol. The summed E-state index contributed by atoms with van der Waals surface area (Å²) in [5, 5.41) is 0.841. The van der Waals surface area contributed by atoms with Crippen molar-refractivity contribution in [3.63, 3.8) is 0 Å². The van der Waals surface area contributed by atoms with Gasteiger partial charge in [-0.2, -0.15) is 0 Å². The molecule has 1 aromatic rings. The number of amides is 2. The molecule has 1 aromatic carbocycles. The van der Waals surface area contributed by atoms with Gasteiger partial charge in [0.15, 0.2) is 0 Å². The first kappa shape index (κ1) is 9.86. The third-order valence-corrected chi connectivity index (χ3v) is 2.18. The molecular weight excluding hydrogens is 194 g/mol. The Morgan fingerprint density at radius 1 is 1.13 bits per heavy atom. The first-order chi connectivity index (χ1) is 7.25. The predicted octanol–water partition coefficient (Wildman–Crippen LogP) is 1.62. The van der Waals surface area contributed by atoms with E-state index in [0.29, 0.717) is 17.7 Å². The quantitative estimate of drug-likeness (QED) is 0.704. The molecule has 2 amide bonds. The highest BCUT2D eigenvalue weighted by atomic mass is 16.7. The zero-order valence-corrected chi connectivity index (χ0v) is 8.40. The van der Waals surface area contributed by atoms with Crippen molar-refractivity contribution in [3.05, 3.63) is 35.4 Å². The highest BCUT2D eigenvalue weighted by Gasteiger charge is 2.36. The van der Waals surface area contributed by atoms with Crippen LogP contribution in [0.5, 0.6) is 0 Å². The van der Waals surface area contributed by atoms with Crippen molar-refractivity contribution in [2.24, 2.45) is 0 Å². The van der Waals surface area contributed by atoms with Gasteiger partial charge in [-0.25, -0.2) is 0 Å². The minimum atomic E-state index is -0.371. The average molecular weight is 205 g/mol. The maximum atomic E-state index is 11.7.